The van der Waals surface area contributed by atoms with Crippen LogP contribution in [0.2, 0.25) is 0 Å². The van der Waals surface area contributed by atoms with Crippen LogP contribution in [-0.4, -0.2) is 17.9 Å². The van der Waals surface area contributed by atoms with Crippen LogP contribution in [-0.2, 0) is 0 Å². The summed E-state index contributed by atoms with van der Waals surface area (Å²) in [5.41, 5.74) is 6.76. The molecule has 0 unspecified atom stereocenters. The molecule has 3 N–H and O–H groups in total. The predicted octanol–water partition coefficient (Wildman–Crippen LogP) is 1.82. The molecular formula is C13H13N3O2. The minimum atomic E-state index is -0.189. The molecule has 0 aliphatic rings. The minimum absolute atomic E-state index is 0.189. The van der Waals surface area contributed by atoms with Crippen LogP contribution in [0.1, 0.15) is 10.4 Å². The lowest BCUT2D eigenvalue weighted by Crippen LogP contribution is -2.17. The first-order chi connectivity index (χ1) is 8.70. The van der Waals surface area contributed by atoms with E-state index in [2.05, 4.69) is 10.3 Å². The van der Waals surface area contributed by atoms with Crippen molar-refractivity contribution >= 4 is 11.6 Å². The Morgan fingerprint density at radius 1 is 1.39 bits per heavy atom. The fraction of sp³-hybridized carbons (Fsp3) is 0.0769. The van der Waals surface area contributed by atoms with E-state index in [1.54, 1.807) is 49.8 Å². The number of aromatic nitrogens is 1. The molecule has 18 heavy (non-hydrogen) atoms. The molecule has 0 radical (unpaired) electrons. The molecule has 0 bridgehead atoms. The maximum atomic E-state index is 11.5. The SMILES string of the molecule is CNC(=O)c1ccc(N)c(Oc2cccnc2)c1. The number of pyridine rings is 1. The van der Waals surface area contributed by atoms with Gasteiger partial charge in [-0.2, -0.15) is 0 Å². The van der Waals surface area contributed by atoms with E-state index in [-0.39, 0.29) is 5.91 Å². The van der Waals surface area contributed by atoms with E-state index < -0.39 is 0 Å². The first-order valence-electron chi connectivity index (χ1n) is 5.40. The summed E-state index contributed by atoms with van der Waals surface area (Å²) in [7, 11) is 1.57. The van der Waals surface area contributed by atoms with E-state index in [4.69, 9.17) is 10.5 Å². The third kappa shape index (κ3) is 2.57. The highest BCUT2D eigenvalue weighted by molar-refractivity contribution is 5.95. The monoisotopic (exact) mass is 243 g/mol. The maximum Gasteiger partial charge on any atom is 0.251 e. The van der Waals surface area contributed by atoms with Crippen LogP contribution in [0.3, 0.4) is 0 Å². The van der Waals surface area contributed by atoms with Crippen LogP contribution in [0, 0.1) is 0 Å². The largest absolute Gasteiger partial charge is 0.454 e. The van der Waals surface area contributed by atoms with Crippen molar-refractivity contribution in [2.24, 2.45) is 0 Å². The second kappa shape index (κ2) is 5.18. The standard InChI is InChI=1S/C13H13N3O2/c1-15-13(17)9-4-5-11(14)12(7-9)18-10-3-2-6-16-8-10/h2-8H,14H2,1H3,(H,15,17). The molecule has 2 aromatic rings. The zero-order valence-electron chi connectivity index (χ0n) is 9.88. The number of benzene rings is 1. The smallest absolute Gasteiger partial charge is 0.251 e. The number of amides is 1. The zero-order chi connectivity index (χ0) is 13.0. The van der Waals surface area contributed by atoms with E-state index in [0.717, 1.165) is 0 Å². The van der Waals surface area contributed by atoms with Crippen molar-refractivity contribution in [1.82, 2.24) is 10.3 Å². The van der Waals surface area contributed by atoms with Crippen molar-refractivity contribution < 1.29 is 9.53 Å². The Balaban J connectivity index is 2.30. The van der Waals surface area contributed by atoms with Crippen molar-refractivity contribution in [1.29, 1.82) is 0 Å². The van der Waals surface area contributed by atoms with Crippen molar-refractivity contribution in [2.75, 3.05) is 12.8 Å². The number of hydrogen-bond acceptors (Lipinski definition) is 4. The molecular weight excluding hydrogens is 230 g/mol. The Morgan fingerprint density at radius 3 is 2.89 bits per heavy atom. The molecule has 5 heteroatoms. The lowest BCUT2D eigenvalue weighted by molar-refractivity contribution is 0.0963. The first-order valence-corrected chi connectivity index (χ1v) is 5.40. The molecule has 0 aliphatic heterocycles. The summed E-state index contributed by atoms with van der Waals surface area (Å²) in [6.45, 7) is 0. The molecule has 1 aromatic carbocycles. The first kappa shape index (κ1) is 11.9. The average Bonchev–Trinajstić information content (AvgIpc) is 2.41. The van der Waals surface area contributed by atoms with E-state index in [1.807, 2.05) is 0 Å². The molecule has 1 aromatic heterocycles. The lowest BCUT2D eigenvalue weighted by Gasteiger charge is -2.09. The van der Waals surface area contributed by atoms with Crippen LogP contribution in [0.5, 0.6) is 11.5 Å². The van der Waals surface area contributed by atoms with Gasteiger partial charge in [0.2, 0.25) is 0 Å². The van der Waals surface area contributed by atoms with Gasteiger partial charge in [-0.15, -0.1) is 0 Å². The van der Waals surface area contributed by atoms with E-state index in [1.165, 1.54) is 0 Å². The van der Waals surface area contributed by atoms with Crippen molar-refractivity contribution in [3.63, 3.8) is 0 Å². The van der Waals surface area contributed by atoms with Crippen LogP contribution in [0.25, 0.3) is 0 Å². The molecule has 0 spiro atoms. The minimum Gasteiger partial charge on any atom is -0.454 e. The van der Waals surface area contributed by atoms with Gasteiger partial charge in [0.1, 0.15) is 5.75 Å². The van der Waals surface area contributed by atoms with Crippen molar-refractivity contribution in [3.8, 4) is 11.5 Å². The topological polar surface area (TPSA) is 77.2 Å². The Kier molecular flexibility index (Phi) is 3.43. The van der Waals surface area contributed by atoms with Crippen LogP contribution >= 0.6 is 0 Å². The second-order valence-electron chi connectivity index (χ2n) is 3.62. The molecule has 0 atom stereocenters. The zero-order valence-corrected chi connectivity index (χ0v) is 9.88. The predicted molar refractivity (Wildman–Crippen MR) is 68.6 cm³/mol. The number of carbonyl (C=O) groups is 1. The third-order valence-electron chi connectivity index (χ3n) is 2.37. The van der Waals surface area contributed by atoms with Crippen LogP contribution in [0.4, 0.5) is 5.69 Å². The average molecular weight is 243 g/mol. The molecule has 2 rings (SSSR count). The maximum absolute atomic E-state index is 11.5. The fourth-order valence-corrected chi connectivity index (χ4v) is 1.44. The number of anilines is 1. The Hall–Kier alpha value is -2.56. The summed E-state index contributed by atoms with van der Waals surface area (Å²) in [6.07, 6.45) is 3.23. The number of carbonyl (C=O) groups excluding carboxylic acids is 1. The molecule has 0 aliphatic carbocycles. The number of rotatable bonds is 3. The highest BCUT2D eigenvalue weighted by atomic mass is 16.5. The molecule has 0 saturated heterocycles. The summed E-state index contributed by atoms with van der Waals surface area (Å²) in [5.74, 6) is 0.813. The normalized spacial score (nSPS) is 9.83. The summed E-state index contributed by atoms with van der Waals surface area (Å²) < 4.78 is 5.58. The van der Waals surface area contributed by atoms with Gasteiger partial charge < -0.3 is 15.8 Å². The lowest BCUT2D eigenvalue weighted by atomic mass is 10.2. The summed E-state index contributed by atoms with van der Waals surface area (Å²) >= 11 is 0. The van der Waals surface area contributed by atoms with Gasteiger partial charge in [-0.3, -0.25) is 9.78 Å². The second-order valence-corrected chi connectivity index (χ2v) is 3.62. The molecule has 92 valence electrons. The highest BCUT2D eigenvalue weighted by Gasteiger charge is 2.08. The van der Waals surface area contributed by atoms with Crippen LogP contribution < -0.4 is 15.8 Å². The number of ether oxygens (including phenoxy) is 1. The number of nitrogens with zero attached hydrogens (tertiary/aromatic N) is 1. The summed E-state index contributed by atoms with van der Waals surface area (Å²) in [6, 6.07) is 8.40. The van der Waals surface area contributed by atoms with E-state index in [9.17, 15) is 4.79 Å². The van der Waals surface area contributed by atoms with Gasteiger partial charge in [-0.25, -0.2) is 0 Å². The van der Waals surface area contributed by atoms with Gasteiger partial charge in [0, 0.05) is 18.8 Å². The molecule has 5 nitrogen and oxygen atoms in total. The number of hydrogen-bond donors (Lipinski definition) is 2. The molecule has 1 heterocycles. The van der Waals surface area contributed by atoms with Gasteiger partial charge in [0.25, 0.3) is 5.91 Å². The Bertz CT molecular complexity index is 555. The number of nitrogen functional groups attached to an aromatic ring is 1. The number of nitrogens with one attached hydrogen (secondary N) is 1. The van der Waals surface area contributed by atoms with E-state index >= 15 is 0 Å². The fourth-order valence-electron chi connectivity index (χ4n) is 1.44. The van der Waals surface area contributed by atoms with Crippen LogP contribution in [0.15, 0.2) is 42.7 Å². The molecule has 0 saturated carbocycles. The Labute approximate surface area is 105 Å². The van der Waals surface area contributed by atoms with Crippen molar-refractivity contribution in [2.45, 2.75) is 0 Å². The van der Waals surface area contributed by atoms with E-state index in [0.29, 0.717) is 22.7 Å². The van der Waals surface area contributed by atoms with Crippen molar-refractivity contribution in [3.05, 3.63) is 48.3 Å². The summed E-state index contributed by atoms with van der Waals surface area (Å²) in [5, 5.41) is 2.54. The van der Waals surface area contributed by atoms with Gasteiger partial charge in [-0.05, 0) is 30.3 Å². The molecule has 0 fully saturated rings. The Morgan fingerprint density at radius 2 is 2.22 bits per heavy atom. The number of nitrogens with two attached hydrogens (primary N) is 1. The van der Waals surface area contributed by atoms with Gasteiger partial charge >= 0.3 is 0 Å². The van der Waals surface area contributed by atoms with Gasteiger partial charge in [0.05, 0.1) is 11.9 Å². The summed E-state index contributed by atoms with van der Waals surface area (Å²) in [4.78, 5) is 15.4. The van der Waals surface area contributed by atoms with Gasteiger partial charge in [-0.1, -0.05) is 0 Å². The van der Waals surface area contributed by atoms with Gasteiger partial charge in [0.15, 0.2) is 5.75 Å². The molecule has 1 amide bonds. The highest BCUT2D eigenvalue weighted by Crippen LogP contribution is 2.27. The quantitative estimate of drug-likeness (QED) is 0.806. The third-order valence-corrected chi connectivity index (χ3v) is 2.37.